The summed E-state index contributed by atoms with van der Waals surface area (Å²) in [7, 11) is 1.86. The highest BCUT2D eigenvalue weighted by atomic mass is 16.5. The van der Waals surface area contributed by atoms with Crippen molar-refractivity contribution in [2.24, 2.45) is 0 Å². The maximum absolute atomic E-state index is 11.5. The lowest BCUT2D eigenvalue weighted by atomic mass is 10.2. The lowest BCUT2D eigenvalue weighted by molar-refractivity contribution is -0.130. The molecule has 1 amide bonds. The highest BCUT2D eigenvalue weighted by Crippen LogP contribution is 1.99. The average Bonchev–Trinajstić information content (AvgIpc) is 2.19. The molecule has 82 valence electrons. The van der Waals surface area contributed by atoms with E-state index in [4.69, 9.17) is 4.74 Å². The van der Waals surface area contributed by atoms with Gasteiger partial charge in [-0.2, -0.15) is 0 Å². The van der Waals surface area contributed by atoms with Gasteiger partial charge in [-0.3, -0.25) is 4.79 Å². The number of rotatable bonds is 4. The Kier molecular flexibility index (Phi) is 4.90. The first kappa shape index (κ1) is 11.5. The molecule has 0 aliphatic carbocycles. The molecule has 0 saturated carbocycles. The van der Waals surface area contributed by atoms with Crippen LogP contribution in [0, 0.1) is 0 Å². The van der Waals surface area contributed by atoms with Gasteiger partial charge in [-0.15, -0.1) is 0 Å². The minimum atomic E-state index is 0.222. The van der Waals surface area contributed by atoms with Gasteiger partial charge in [0.05, 0.1) is 13.2 Å². The van der Waals surface area contributed by atoms with Gasteiger partial charge in [-0.1, -0.05) is 6.92 Å². The van der Waals surface area contributed by atoms with Crippen molar-refractivity contribution >= 4 is 5.91 Å². The van der Waals surface area contributed by atoms with E-state index in [1.54, 1.807) is 4.90 Å². The van der Waals surface area contributed by atoms with E-state index in [-0.39, 0.29) is 5.91 Å². The molecule has 1 aliphatic heterocycles. The summed E-state index contributed by atoms with van der Waals surface area (Å²) in [6.07, 6.45) is 1.56. The van der Waals surface area contributed by atoms with Gasteiger partial charge in [-0.05, 0) is 6.42 Å². The number of likely N-dealkylation sites (N-methyl/N-ethyl adjacent to an activating group) is 1. The molecule has 1 rings (SSSR count). The zero-order valence-corrected chi connectivity index (χ0v) is 9.08. The van der Waals surface area contributed by atoms with E-state index in [1.165, 1.54) is 0 Å². The third-order valence-electron chi connectivity index (χ3n) is 2.38. The number of ether oxygens (including phenoxy) is 1. The molecule has 0 radical (unpaired) electrons. The Morgan fingerprint density at radius 1 is 1.64 bits per heavy atom. The summed E-state index contributed by atoms with van der Waals surface area (Å²) in [5.41, 5.74) is 0. The number of amides is 1. The molecular formula is C10H20N2O2. The maximum Gasteiger partial charge on any atom is 0.222 e. The van der Waals surface area contributed by atoms with Crippen molar-refractivity contribution in [3.63, 3.8) is 0 Å². The molecule has 1 N–H and O–H groups in total. The van der Waals surface area contributed by atoms with E-state index in [0.717, 1.165) is 26.1 Å². The summed E-state index contributed by atoms with van der Waals surface area (Å²) in [4.78, 5) is 13.3. The van der Waals surface area contributed by atoms with Crippen molar-refractivity contribution in [2.75, 3.05) is 33.4 Å². The SMILES string of the molecule is CCCC(=O)N(C)CC1COCCN1. The zero-order valence-electron chi connectivity index (χ0n) is 9.08. The summed E-state index contributed by atoms with van der Waals surface area (Å²) in [6.45, 7) is 5.15. The number of carbonyl (C=O) groups excluding carboxylic acids is 1. The molecule has 0 aromatic heterocycles. The molecule has 1 aliphatic rings. The van der Waals surface area contributed by atoms with Crippen molar-refractivity contribution in [2.45, 2.75) is 25.8 Å². The van der Waals surface area contributed by atoms with Crippen molar-refractivity contribution in [1.82, 2.24) is 10.2 Å². The minimum Gasteiger partial charge on any atom is -0.378 e. The fourth-order valence-corrected chi connectivity index (χ4v) is 1.57. The summed E-state index contributed by atoms with van der Waals surface area (Å²) < 4.78 is 5.32. The first-order valence-electron chi connectivity index (χ1n) is 5.29. The van der Waals surface area contributed by atoms with Crippen LogP contribution in [-0.2, 0) is 9.53 Å². The zero-order chi connectivity index (χ0) is 10.4. The quantitative estimate of drug-likeness (QED) is 0.706. The number of hydrogen-bond donors (Lipinski definition) is 1. The molecule has 0 aromatic carbocycles. The summed E-state index contributed by atoms with van der Waals surface area (Å²) in [5, 5.41) is 3.33. The fourth-order valence-electron chi connectivity index (χ4n) is 1.57. The van der Waals surface area contributed by atoms with Gasteiger partial charge < -0.3 is 15.0 Å². The van der Waals surface area contributed by atoms with Gasteiger partial charge in [0.15, 0.2) is 0 Å². The minimum absolute atomic E-state index is 0.222. The van der Waals surface area contributed by atoms with Crippen LogP contribution < -0.4 is 5.32 Å². The molecule has 14 heavy (non-hydrogen) atoms. The van der Waals surface area contributed by atoms with E-state index < -0.39 is 0 Å². The topological polar surface area (TPSA) is 41.6 Å². The van der Waals surface area contributed by atoms with Crippen LogP contribution in [0.1, 0.15) is 19.8 Å². The van der Waals surface area contributed by atoms with Crippen LogP contribution in [0.2, 0.25) is 0 Å². The first-order valence-corrected chi connectivity index (χ1v) is 5.29. The Morgan fingerprint density at radius 2 is 2.43 bits per heavy atom. The van der Waals surface area contributed by atoms with Crippen LogP contribution >= 0.6 is 0 Å². The Labute approximate surface area is 85.6 Å². The first-order chi connectivity index (χ1) is 6.74. The largest absolute Gasteiger partial charge is 0.378 e. The fraction of sp³-hybridized carbons (Fsp3) is 0.900. The second kappa shape index (κ2) is 5.98. The van der Waals surface area contributed by atoms with E-state index in [0.29, 0.717) is 19.1 Å². The van der Waals surface area contributed by atoms with Crippen LogP contribution in [-0.4, -0.2) is 50.2 Å². The van der Waals surface area contributed by atoms with E-state index in [2.05, 4.69) is 5.32 Å². The maximum atomic E-state index is 11.5. The lowest BCUT2D eigenvalue weighted by Crippen LogP contribution is -2.48. The van der Waals surface area contributed by atoms with E-state index in [1.807, 2.05) is 14.0 Å². The molecule has 1 saturated heterocycles. The molecule has 0 bridgehead atoms. The Hall–Kier alpha value is -0.610. The van der Waals surface area contributed by atoms with Crippen molar-refractivity contribution in [3.05, 3.63) is 0 Å². The third-order valence-corrected chi connectivity index (χ3v) is 2.38. The van der Waals surface area contributed by atoms with Crippen LogP contribution in [0.15, 0.2) is 0 Å². The van der Waals surface area contributed by atoms with Gasteiger partial charge >= 0.3 is 0 Å². The summed E-state index contributed by atoms with van der Waals surface area (Å²) >= 11 is 0. The van der Waals surface area contributed by atoms with Gasteiger partial charge in [0.1, 0.15) is 0 Å². The smallest absolute Gasteiger partial charge is 0.222 e. The highest BCUT2D eigenvalue weighted by molar-refractivity contribution is 5.75. The predicted molar refractivity (Wildman–Crippen MR) is 55.2 cm³/mol. The van der Waals surface area contributed by atoms with Crippen LogP contribution in [0.25, 0.3) is 0 Å². The Morgan fingerprint density at radius 3 is 3.00 bits per heavy atom. The number of hydrogen-bond acceptors (Lipinski definition) is 3. The second-order valence-electron chi connectivity index (χ2n) is 3.75. The Bertz CT molecular complexity index is 179. The monoisotopic (exact) mass is 200 g/mol. The normalized spacial score (nSPS) is 22.0. The van der Waals surface area contributed by atoms with E-state index >= 15 is 0 Å². The molecule has 4 nitrogen and oxygen atoms in total. The molecule has 0 aromatic rings. The summed E-state index contributed by atoms with van der Waals surface area (Å²) in [5.74, 6) is 0.222. The van der Waals surface area contributed by atoms with Crippen LogP contribution in [0.3, 0.4) is 0 Å². The van der Waals surface area contributed by atoms with Crippen molar-refractivity contribution in [3.8, 4) is 0 Å². The van der Waals surface area contributed by atoms with Gasteiger partial charge in [0.2, 0.25) is 5.91 Å². The van der Waals surface area contributed by atoms with Crippen molar-refractivity contribution < 1.29 is 9.53 Å². The summed E-state index contributed by atoms with van der Waals surface area (Å²) in [6, 6.07) is 0.301. The van der Waals surface area contributed by atoms with Gasteiger partial charge in [0.25, 0.3) is 0 Å². The standard InChI is InChI=1S/C10H20N2O2/c1-3-4-10(13)12(2)7-9-8-14-6-5-11-9/h9,11H,3-8H2,1-2H3. The van der Waals surface area contributed by atoms with Gasteiger partial charge in [0, 0.05) is 32.6 Å². The number of nitrogens with one attached hydrogen (secondary N) is 1. The molecular weight excluding hydrogens is 180 g/mol. The predicted octanol–water partition coefficient (Wildman–Crippen LogP) is 0.233. The highest BCUT2D eigenvalue weighted by Gasteiger charge is 2.17. The molecule has 4 heteroatoms. The molecule has 1 heterocycles. The van der Waals surface area contributed by atoms with Crippen LogP contribution in [0.5, 0.6) is 0 Å². The molecule has 1 unspecified atom stereocenters. The van der Waals surface area contributed by atoms with Gasteiger partial charge in [-0.25, -0.2) is 0 Å². The number of carbonyl (C=O) groups is 1. The van der Waals surface area contributed by atoms with E-state index in [9.17, 15) is 4.79 Å². The lowest BCUT2D eigenvalue weighted by Gasteiger charge is -2.28. The molecule has 1 atom stereocenters. The molecule has 1 fully saturated rings. The Balaban J connectivity index is 2.24. The third kappa shape index (κ3) is 3.64. The average molecular weight is 200 g/mol. The number of nitrogens with zero attached hydrogens (tertiary/aromatic N) is 1. The molecule has 0 spiro atoms. The number of morpholine rings is 1. The van der Waals surface area contributed by atoms with Crippen molar-refractivity contribution in [1.29, 1.82) is 0 Å². The second-order valence-corrected chi connectivity index (χ2v) is 3.75. The van der Waals surface area contributed by atoms with Crippen LogP contribution in [0.4, 0.5) is 0 Å².